The van der Waals surface area contributed by atoms with Crippen LogP contribution in [-0.4, -0.2) is 34.1 Å². The number of piperidine rings is 1. The van der Waals surface area contributed by atoms with E-state index in [1.165, 1.54) is 26.8 Å². The van der Waals surface area contributed by atoms with E-state index in [2.05, 4.69) is 47.4 Å². The smallest absolute Gasteiger partial charge is 0.225 e. The fourth-order valence-electron chi connectivity index (χ4n) is 3.81. The summed E-state index contributed by atoms with van der Waals surface area (Å²) in [6.07, 6.45) is 6.00. The van der Waals surface area contributed by atoms with Gasteiger partial charge in [-0.25, -0.2) is 0 Å². The molecule has 3 aromatic rings. The minimum Gasteiger partial charge on any atom is -0.342 e. The van der Waals surface area contributed by atoms with Crippen molar-refractivity contribution in [1.82, 2.24) is 9.88 Å². The number of rotatable bonds is 4. The molecule has 2 aromatic carbocycles. The molecule has 0 aliphatic carbocycles. The molecule has 0 saturated carbocycles. The van der Waals surface area contributed by atoms with E-state index in [4.69, 9.17) is 0 Å². The van der Waals surface area contributed by atoms with Crippen LogP contribution < -0.4 is 0 Å². The van der Waals surface area contributed by atoms with E-state index in [9.17, 15) is 4.79 Å². The van der Waals surface area contributed by atoms with Crippen LogP contribution >= 0.6 is 24.2 Å². The summed E-state index contributed by atoms with van der Waals surface area (Å²) in [7, 11) is 0. The molecular formula is C24H27ClN2OS. The highest BCUT2D eigenvalue weighted by atomic mass is 35.5. The summed E-state index contributed by atoms with van der Waals surface area (Å²) in [4.78, 5) is 19.9. The van der Waals surface area contributed by atoms with Crippen molar-refractivity contribution in [3.63, 3.8) is 0 Å². The molecule has 1 amide bonds. The Morgan fingerprint density at radius 2 is 1.72 bits per heavy atom. The second-order valence-corrected chi connectivity index (χ2v) is 9.10. The summed E-state index contributed by atoms with van der Waals surface area (Å²) in [5.74, 6) is 0.386. The van der Waals surface area contributed by atoms with E-state index in [1.807, 2.05) is 49.0 Å². The van der Waals surface area contributed by atoms with E-state index in [1.54, 1.807) is 0 Å². The lowest BCUT2D eigenvalue weighted by Gasteiger charge is -2.32. The summed E-state index contributed by atoms with van der Waals surface area (Å²) in [5, 5.41) is 2.99. The highest BCUT2D eigenvalue weighted by molar-refractivity contribution is 8.00. The van der Waals surface area contributed by atoms with Gasteiger partial charge in [0, 0.05) is 52.5 Å². The monoisotopic (exact) mass is 426 g/mol. The molecule has 4 rings (SSSR count). The van der Waals surface area contributed by atoms with Crippen LogP contribution in [0.25, 0.3) is 21.9 Å². The number of aromatic nitrogens is 1. The zero-order valence-electron chi connectivity index (χ0n) is 16.9. The van der Waals surface area contributed by atoms with Gasteiger partial charge in [-0.3, -0.25) is 9.78 Å². The van der Waals surface area contributed by atoms with E-state index in [-0.39, 0.29) is 24.2 Å². The third kappa shape index (κ3) is 4.93. The van der Waals surface area contributed by atoms with E-state index >= 15 is 0 Å². The van der Waals surface area contributed by atoms with Crippen molar-refractivity contribution in [1.29, 1.82) is 0 Å². The van der Waals surface area contributed by atoms with Crippen LogP contribution in [0.15, 0.2) is 65.8 Å². The molecule has 0 atom stereocenters. The lowest BCUT2D eigenvalue weighted by Crippen LogP contribution is -2.41. The largest absolute Gasteiger partial charge is 0.342 e. The number of hydrogen-bond donors (Lipinski definition) is 0. The van der Waals surface area contributed by atoms with Gasteiger partial charge in [-0.1, -0.05) is 50.2 Å². The lowest BCUT2D eigenvalue weighted by atomic mass is 10.0. The fourth-order valence-corrected chi connectivity index (χ4v) is 4.94. The summed E-state index contributed by atoms with van der Waals surface area (Å²) >= 11 is 1.94. The second kappa shape index (κ2) is 9.64. The minimum absolute atomic E-state index is 0. The van der Waals surface area contributed by atoms with Crippen LogP contribution in [0.4, 0.5) is 0 Å². The molecule has 1 fully saturated rings. The van der Waals surface area contributed by atoms with Crippen molar-refractivity contribution in [2.45, 2.75) is 36.8 Å². The fraction of sp³-hybridized carbons (Fsp3) is 0.333. The Morgan fingerprint density at radius 1 is 1.03 bits per heavy atom. The van der Waals surface area contributed by atoms with Crippen molar-refractivity contribution in [2.24, 2.45) is 5.92 Å². The Hall–Kier alpha value is -2.04. The molecule has 1 aliphatic rings. The van der Waals surface area contributed by atoms with Gasteiger partial charge in [0.05, 0.1) is 0 Å². The van der Waals surface area contributed by atoms with Gasteiger partial charge >= 0.3 is 0 Å². The van der Waals surface area contributed by atoms with Crippen LogP contribution in [0.5, 0.6) is 0 Å². The van der Waals surface area contributed by atoms with Gasteiger partial charge in [-0.2, -0.15) is 0 Å². The van der Waals surface area contributed by atoms with E-state index in [0.717, 1.165) is 25.9 Å². The van der Waals surface area contributed by atoms with Gasteiger partial charge in [0.25, 0.3) is 0 Å². The third-order valence-corrected chi connectivity index (χ3v) is 6.73. The average molecular weight is 427 g/mol. The number of thioether (sulfide) groups is 1. The maximum atomic E-state index is 12.1. The summed E-state index contributed by atoms with van der Waals surface area (Å²) in [5.41, 5.74) is 2.38. The molecule has 0 unspecified atom stereocenters. The summed E-state index contributed by atoms with van der Waals surface area (Å²) < 4.78 is 0. The molecule has 5 heteroatoms. The van der Waals surface area contributed by atoms with Crippen molar-refractivity contribution < 1.29 is 4.79 Å². The predicted molar refractivity (Wildman–Crippen MR) is 125 cm³/mol. The van der Waals surface area contributed by atoms with Gasteiger partial charge in [0.1, 0.15) is 0 Å². The number of hydrogen-bond acceptors (Lipinski definition) is 3. The Morgan fingerprint density at radius 3 is 2.41 bits per heavy atom. The molecular weight excluding hydrogens is 400 g/mol. The van der Waals surface area contributed by atoms with E-state index in [0.29, 0.717) is 5.25 Å². The highest BCUT2D eigenvalue weighted by Gasteiger charge is 2.24. The molecule has 152 valence electrons. The topological polar surface area (TPSA) is 33.2 Å². The Balaban J connectivity index is 0.00000240. The summed E-state index contributed by atoms with van der Waals surface area (Å²) in [6, 6.07) is 17.2. The Labute approximate surface area is 183 Å². The zero-order valence-corrected chi connectivity index (χ0v) is 18.5. The molecule has 1 aromatic heterocycles. The molecule has 0 N–H and O–H groups in total. The van der Waals surface area contributed by atoms with Crippen LogP contribution in [-0.2, 0) is 4.79 Å². The predicted octanol–water partition coefficient (Wildman–Crippen LogP) is 6.06. The molecule has 2 heterocycles. The first-order valence-electron chi connectivity index (χ1n) is 10.0. The number of likely N-dealkylation sites (tertiary alicyclic amines) is 1. The first kappa shape index (κ1) is 21.7. The van der Waals surface area contributed by atoms with Crippen molar-refractivity contribution >= 4 is 40.8 Å². The van der Waals surface area contributed by atoms with Crippen LogP contribution in [0.2, 0.25) is 0 Å². The number of halogens is 1. The SMILES string of the molecule is CC(C)C(=O)N1CCC(Sc2ccc(-c3cncc4ccccc34)cc2)CC1.Cl. The molecule has 0 bridgehead atoms. The Bertz CT molecular complexity index is 961. The van der Waals surface area contributed by atoms with E-state index < -0.39 is 0 Å². The van der Waals surface area contributed by atoms with Crippen molar-refractivity contribution in [2.75, 3.05) is 13.1 Å². The number of pyridine rings is 1. The third-order valence-electron chi connectivity index (χ3n) is 5.38. The van der Waals surface area contributed by atoms with Gasteiger partial charge in [0.2, 0.25) is 5.91 Å². The van der Waals surface area contributed by atoms with Crippen molar-refractivity contribution in [3.05, 3.63) is 60.9 Å². The molecule has 1 aliphatic heterocycles. The number of fused-ring (bicyclic) bond motifs is 1. The second-order valence-electron chi connectivity index (χ2n) is 7.73. The van der Waals surface area contributed by atoms with Gasteiger partial charge in [0.15, 0.2) is 0 Å². The van der Waals surface area contributed by atoms with Gasteiger partial charge in [-0.05, 0) is 35.9 Å². The minimum atomic E-state index is 0. The number of benzene rings is 2. The number of amides is 1. The summed E-state index contributed by atoms with van der Waals surface area (Å²) in [6.45, 7) is 5.73. The van der Waals surface area contributed by atoms with Crippen LogP contribution in [0, 0.1) is 5.92 Å². The quantitative estimate of drug-likeness (QED) is 0.508. The number of carbonyl (C=O) groups excluding carboxylic acids is 1. The standard InChI is InChI=1S/C24H26N2OS.ClH/c1-17(2)24(27)26-13-11-21(12-14-26)28-20-9-7-18(8-10-20)23-16-25-15-19-5-3-4-6-22(19)23;/h3-10,15-17,21H,11-14H2,1-2H3;1H. The highest BCUT2D eigenvalue weighted by Crippen LogP contribution is 2.33. The first-order chi connectivity index (χ1) is 13.6. The maximum Gasteiger partial charge on any atom is 0.225 e. The molecule has 29 heavy (non-hydrogen) atoms. The normalized spacial score (nSPS) is 14.8. The zero-order chi connectivity index (χ0) is 19.5. The van der Waals surface area contributed by atoms with Crippen LogP contribution in [0.1, 0.15) is 26.7 Å². The maximum absolute atomic E-state index is 12.1. The van der Waals surface area contributed by atoms with Crippen LogP contribution in [0.3, 0.4) is 0 Å². The molecule has 1 saturated heterocycles. The molecule has 3 nitrogen and oxygen atoms in total. The number of nitrogens with zero attached hydrogens (tertiary/aromatic N) is 2. The number of carbonyl (C=O) groups is 1. The Kier molecular flexibility index (Phi) is 7.20. The van der Waals surface area contributed by atoms with Crippen molar-refractivity contribution in [3.8, 4) is 11.1 Å². The lowest BCUT2D eigenvalue weighted by molar-refractivity contribution is -0.135. The van der Waals surface area contributed by atoms with Gasteiger partial charge < -0.3 is 4.90 Å². The van der Waals surface area contributed by atoms with Gasteiger partial charge in [-0.15, -0.1) is 24.2 Å². The molecule has 0 spiro atoms. The first-order valence-corrected chi connectivity index (χ1v) is 10.9. The average Bonchev–Trinajstić information content (AvgIpc) is 2.74. The molecule has 0 radical (unpaired) electrons.